The van der Waals surface area contributed by atoms with Gasteiger partial charge in [0.1, 0.15) is 5.82 Å². The van der Waals surface area contributed by atoms with Crippen molar-refractivity contribution in [2.75, 3.05) is 0 Å². The Hall–Kier alpha value is -3.13. The van der Waals surface area contributed by atoms with E-state index in [0.717, 1.165) is 17.3 Å². The highest BCUT2D eigenvalue weighted by molar-refractivity contribution is 7.98. The Morgan fingerprint density at radius 3 is 2.26 bits per heavy atom. The first-order chi connectivity index (χ1) is 14.8. The lowest BCUT2D eigenvalue weighted by Crippen LogP contribution is -2.08. The zero-order chi connectivity index (χ0) is 22.0. The second-order valence-electron chi connectivity index (χ2n) is 6.88. The van der Waals surface area contributed by atoms with E-state index in [9.17, 15) is 17.6 Å². The summed E-state index contributed by atoms with van der Waals surface area (Å²) in [6.07, 6.45) is -4.43. The van der Waals surface area contributed by atoms with Crippen LogP contribution in [0.5, 0.6) is 0 Å². The van der Waals surface area contributed by atoms with E-state index in [1.54, 1.807) is 22.8 Å². The maximum absolute atomic E-state index is 13.4. The van der Waals surface area contributed by atoms with Gasteiger partial charge in [-0.2, -0.15) is 13.2 Å². The van der Waals surface area contributed by atoms with Crippen molar-refractivity contribution >= 4 is 11.8 Å². The van der Waals surface area contributed by atoms with Crippen molar-refractivity contribution in [3.05, 3.63) is 95.3 Å². The lowest BCUT2D eigenvalue weighted by Gasteiger charge is -2.14. The molecule has 0 saturated carbocycles. The second-order valence-corrected chi connectivity index (χ2v) is 7.82. The average Bonchev–Trinajstić information content (AvgIpc) is 3.16. The highest BCUT2D eigenvalue weighted by Crippen LogP contribution is 2.36. The zero-order valence-electron chi connectivity index (χ0n) is 16.4. The van der Waals surface area contributed by atoms with Crippen molar-refractivity contribution in [1.29, 1.82) is 0 Å². The van der Waals surface area contributed by atoms with Crippen LogP contribution in [0.4, 0.5) is 17.6 Å². The number of benzene rings is 3. The standard InChI is InChI=1S/C23H17F4N3S/c1-15-6-2-5-9-20(15)30-21(16-10-12-18(24)13-11-16)28-29-22(30)31-14-17-7-3-4-8-19(17)23(25,26)27/h2-13H,14H2,1H3. The highest BCUT2D eigenvalue weighted by atomic mass is 32.2. The topological polar surface area (TPSA) is 30.7 Å². The molecule has 0 saturated heterocycles. The summed E-state index contributed by atoms with van der Waals surface area (Å²) in [7, 11) is 0. The normalized spacial score (nSPS) is 11.6. The number of hydrogen-bond acceptors (Lipinski definition) is 3. The van der Waals surface area contributed by atoms with Crippen molar-refractivity contribution in [3.8, 4) is 17.1 Å². The zero-order valence-corrected chi connectivity index (χ0v) is 17.2. The minimum Gasteiger partial charge on any atom is -0.270 e. The summed E-state index contributed by atoms with van der Waals surface area (Å²) in [6.45, 7) is 1.93. The average molecular weight is 443 g/mol. The molecule has 0 amide bonds. The van der Waals surface area contributed by atoms with Crippen molar-refractivity contribution < 1.29 is 17.6 Å². The van der Waals surface area contributed by atoms with E-state index in [4.69, 9.17) is 0 Å². The molecule has 4 aromatic rings. The molecule has 1 heterocycles. The van der Waals surface area contributed by atoms with Crippen LogP contribution in [-0.4, -0.2) is 14.8 Å². The van der Waals surface area contributed by atoms with Crippen LogP contribution < -0.4 is 0 Å². The van der Waals surface area contributed by atoms with Crippen LogP contribution in [0.2, 0.25) is 0 Å². The van der Waals surface area contributed by atoms with E-state index in [1.807, 2.05) is 31.2 Å². The Labute approximate surface area is 180 Å². The number of aromatic nitrogens is 3. The van der Waals surface area contributed by atoms with Crippen molar-refractivity contribution in [2.24, 2.45) is 0 Å². The molecule has 0 aliphatic heterocycles. The largest absolute Gasteiger partial charge is 0.416 e. The third-order valence-electron chi connectivity index (χ3n) is 4.77. The Kier molecular flexibility index (Phi) is 5.82. The summed E-state index contributed by atoms with van der Waals surface area (Å²) < 4.78 is 55.3. The Morgan fingerprint density at radius 2 is 1.55 bits per heavy atom. The number of halogens is 4. The lowest BCUT2D eigenvalue weighted by molar-refractivity contribution is -0.138. The first-order valence-electron chi connectivity index (χ1n) is 9.40. The van der Waals surface area contributed by atoms with Crippen LogP contribution >= 0.6 is 11.8 Å². The number of alkyl halides is 3. The van der Waals surface area contributed by atoms with E-state index >= 15 is 0 Å². The van der Waals surface area contributed by atoms with Crippen LogP contribution in [0.3, 0.4) is 0 Å². The first-order valence-corrected chi connectivity index (χ1v) is 10.4. The summed E-state index contributed by atoms with van der Waals surface area (Å²) in [4.78, 5) is 0. The van der Waals surface area contributed by atoms with Gasteiger partial charge in [0.15, 0.2) is 11.0 Å². The van der Waals surface area contributed by atoms with Crippen molar-refractivity contribution in [1.82, 2.24) is 14.8 Å². The molecule has 0 N–H and O–H groups in total. The van der Waals surface area contributed by atoms with Crippen LogP contribution in [0, 0.1) is 12.7 Å². The molecule has 158 valence electrons. The molecule has 8 heteroatoms. The fourth-order valence-corrected chi connectivity index (χ4v) is 4.19. The third-order valence-corrected chi connectivity index (χ3v) is 5.75. The number of thioether (sulfide) groups is 1. The fourth-order valence-electron chi connectivity index (χ4n) is 3.25. The number of para-hydroxylation sites is 1. The molecule has 0 aliphatic rings. The molecule has 0 bridgehead atoms. The lowest BCUT2D eigenvalue weighted by atomic mass is 10.1. The Bertz CT molecular complexity index is 1200. The van der Waals surface area contributed by atoms with Crippen LogP contribution in [-0.2, 0) is 11.9 Å². The summed E-state index contributed by atoms with van der Waals surface area (Å²) in [6, 6.07) is 18.9. The molecular weight excluding hydrogens is 426 g/mol. The van der Waals surface area contributed by atoms with E-state index in [1.165, 1.54) is 36.0 Å². The molecule has 3 nitrogen and oxygen atoms in total. The van der Waals surface area contributed by atoms with Crippen LogP contribution in [0.1, 0.15) is 16.7 Å². The van der Waals surface area contributed by atoms with Gasteiger partial charge in [-0.15, -0.1) is 10.2 Å². The molecule has 1 aromatic heterocycles. The summed E-state index contributed by atoms with van der Waals surface area (Å²) in [5, 5.41) is 8.95. The maximum atomic E-state index is 13.4. The fraction of sp³-hybridized carbons (Fsp3) is 0.130. The van der Waals surface area contributed by atoms with E-state index in [2.05, 4.69) is 10.2 Å². The van der Waals surface area contributed by atoms with Gasteiger partial charge >= 0.3 is 6.18 Å². The number of aryl methyl sites for hydroxylation is 1. The minimum atomic E-state index is -4.43. The number of rotatable bonds is 5. The molecule has 4 rings (SSSR count). The van der Waals surface area contributed by atoms with Gasteiger partial charge in [-0.05, 0) is 54.4 Å². The van der Waals surface area contributed by atoms with Crippen LogP contribution in [0.15, 0.2) is 78.0 Å². The van der Waals surface area contributed by atoms with Gasteiger partial charge in [0.25, 0.3) is 0 Å². The van der Waals surface area contributed by atoms with Gasteiger partial charge in [0, 0.05) is 11.3 Å². The number of hydrogen-bond donors (Lipinski definition) is 0. The quantitative estimate of drug-likeness (QED) is 0.254. The van der Waals surface area contributed by atoms with E-state index in [-0.39, 0.29) is 17.1 Å². The van der Waals surface area contributed by atoms with Gasteiger partial charge in [0.05, 0.1) is 11.3 Å². The summed E-state index contributed by atoms with van der Waals surface area (Å²) in [5.41, 5.74) is 1.91. The molecule has 0 radical (unpaired) electrons. The molecular formula is C23H17F4N3S. The van der Waals surface area contributed by atoms with Crippen LogP contribution in [0.25, 0.3) is 17.1 Å². The summed E-state index contributed by atoms with van der Waals surface area (Å²) in [5.74, 6) is 0.188. The van der Waals surface area contributed by atoms with E-state index in [0.29, 0.717) is 16.5 Å². The highest BCUT2D eigenvalue weighted by Gasteiger charge is 2.33. The Morgan fingerprint density at radius 1 is 0.871 bits per heavy atom. The second kappa shape index (κ2) is 8.55. The van der Waals surface area contributed by atoms with Gasteiger partial charge < -0.3 is 0 Å². The smallest absolute Gasteiger partial charge is 0.270 e. The van der Waals surface area contributed by atoms with Gasteiger partial charge in [-0.3, -0.25) is 4.57 Å². The molecule has 0 fully saturated rings. The molecule has 0 atom stereocenters. The van der Waals surface area contributed by atoms with E-state index < -0.39 is 11.7 Å². The molecule has 31 heavy (non-hydrogen) atoms. The predicted octanol–water partition coefficient (Wildman–Crippen LogP) is 6.69. The van der Waals surface area contributed by atoms with Gasteiger partial charge in [0.2, 0.25) is 0 Å². The summed E-state index contributed by atoms with van der Waals surface area (Å²) >= 11 is 1.17. The maximum Gasteiger partial charge on any atom is 0.416 e. The van der Waals surface area contributed by atoms with Gasteiger partial charge in [-0.25, -0.2) is 4.39 Å². The first kappa shape index (κ1) is 21.1. The number of nitrogens with zero attached hydrogens (tertiary/aromatic N) is 3. The predicted molar refractivity (Wildman–Crippen MR) is 112 cm³/mol. The molecule has 3 aromatic carbocycles. The molecule has 0 aliphatic carbocycles. The van der Waals surface area contributed by atoms with Crippen molar-refractivity contribution in [3.63, 3.8) is 0 Å². The third kappa shape index (κ3) is 4.49. The Balaban J connectivity index is 1.76. The monoisotopic (exact) mass is 443 g/mol. The minimum absolute atomic E-state index is 0.0725. The molecule has 0 spiro atoms. The molecule has 0 unspecified atom stereocenters. The van der Waals surface area contributed by atoms with Crippen molar-refractivity contribution in [2.45, 2.75) is 24.0 Å². The SMILES string of the molecule is Cc1ccccc1-n1c(SCc2ccccc2C(F)(F)F)nnc1-c1ccc(F)cc1. The van der Waals surface area contributed by atoms with Gasteiger partial charge in [-0.1, -0.05) is 48.2 Å².